The van der Waals surface area contributed by atoms with Gasteiger partial charge in [0.15, 0.2) is 0 Å². The van der Waals surface area contributed by atoms with Gasteiger partial charge in [0.1, 0.15) is 12.3 Å². The molecule has 0 spiro atoms. The van der Waals surface area contributed by atoms with Crippen LogP contribution in [0.2, 0.25) is 5.02 Å². The highest BCUT2D eigenvalue weighted by Crippen LogP contribution is 2.20. The van der Waals surface area contributed by atoms with E-state index in [2.05, 4.69) is 5.32 Å². The van der Waals surface area contributed by atoms with E-state index in [0.717, 1.165) is 0 Å². The van der Waals surface area contributed by atoms with Crippen LogP contribution < -0.4 is 15.0 Å². The van der Waals surface area contributed by atoms with Gasteiger partial charge in [0.05, 0.1) is 7.11 Å². The van der Waals surface area contributed by atoms with Crippen LogP contribution in [0.25, 0.3) is 0 Å². The first kappa shape index (κ1) is 16.8. The first-order valence-electron chi connectivity index (χ1n) is 6.97. The van der Waals surface area contributed by atoms with Gasteiger partial charge in [-0.3, -0.25) is 9.59 Å². The summed E-state index contributed by atoms with van der Waals surface area (Å²) in [7, 11) is 1.57. The van der Waals surface area contributed by atoms with Crippen molar-refractivity contribution in [3.63, 3.8) is 0 Å². The quantitative estimate of drug-likeness (QED) is 0.913. The van der Waals surface area contributed by atoms with E-state index in [1.54, 1.807) is 55.6 Å². The number of rotatable bonds is 5. The standard InChI is InChI=1S/C17H17ClN2O3/c1-12(21)20(15-7-9-16(23-2)10-8-15)11-17(22)19-14-5-3-13(18)4-6-14/h3-10H,11H2,1-2H3,(H,19,22). The Bertz CT molecular complexity index is 684. The minimum atomic E-state index is -0.293. The van der Waals surface area contributed by atoms with Crippen molar-refractivity contribution >= 4 is 34.8 Å². The fourth-order valence-corrected chi connectivity index (χ4v) is 2.15. The lowest BCUT2D eigenvalue weighted by Gasteiger charge is -2.21. The van der Waals surface area contributed by atoms with Crippen LogP contribution in [0.3, 0.4) is 0 Å². The van der Waals surface area contributed by atoms with Crippen LogP contribution in [-0.2, 0) is 9.59 Å². The lowest BCUT2D eigenvalue weighted by molar-refractivity contribution is -0.120. The van der Waals surface area contributed by atoms with Gasteiger partial charge in [-0.1, -0.05) is 11.6 Å². The summed E-state index contributed by atoms with van der Waals surface area (Å²) in [6.07, 6.45) is 0. The molecule has 120 valence electrons. The zero-order valence-corrected chi connectivity index (χ0v) is 13.6. The molecule has 1 N–H and O–H groups in total. The van der Waals surface area contributed by atoms with E-state index in [-0.39, 0.29) is 18.4 Å². The monoisotopic (exact) mass is 332 g/mol. The minimum absolute atomic E-state index is 0.0791. The zero-order chi connectivity index (χ0) is 16.8. The summed E-state index contributed by atoms with van der Waals surface area (Å²) in [5.41, 5.74) is 1.25. The number of carbonyl (C=O) groups excluding carboxylic acids is 2. The summed E-state index contributed by atoms with van der Waals surface area (Å²) in [5.74, 6) is 0.169. The third kappa shape index (κ3) is 4.72. The minimum Gasteiger partial charge on any atom is -0.497 e. The highest BCUT2D eigenvalue weighted by molar-refractivity contribution is 6.30. The number of anilines is 2. The number of nitrogens with one attached hydrogen (secondary N) is 1. The number of carbonyl (C=O) groups is 2. The number of methoxy groups -OCH3 is 1. The van der Waals surface area contributed by atoms with Crippen molar-refractivity contribution in [2.24, 2.45) is 0 Å². The summed E-state index contributed by atoms with van der Waals surface area (Å²) < 4.78 is 5.09. The molecule has 5 nitrogen and oxygen atoms in total. The number of benzene rings is 2. The number of halogens is 1. The molecule has 2 rings (SSSR count). The molecule has 0 heterocycles. The van der Waals surface area contributed by atoms with Crippen LogP contribution in [0.15, 0.2) is 48.5 Å². The topological polar surface area (TPSA) is 58.6 Å². The Morgan fingerprint density at radius 1 is 1.09 bits per heavy atom. The Hall–Kier alpha value is -2.53. The van der Waals surface area contributed by atoms with E-state index >= 15 is 0 Å². The molecule has 0 aliphatic rings. The summed E-state index contributed by atoms with van der Waals surface area (Å²) in [6, 6.07) is 13.7. The Morgan fingerprint density at radius 2 is 1.70 bits per heavy atom. The second-order valence-corrected chi connectivity index (χ2v) is 5.29. The molecule has 0 unspecified atom stereocenters. The summed E-state index contributed by atoms with van der Waals surface area (Å²) in [6.45, 7) is 1.34. The van der Waals surface area contributed by atoms with E-state index < -0.39 is 0 Å². The molecule has 2 aromatic carbocycles. The number of ether oxygens (including phenoxy) is 1. The maximum absolute atomic E-state index is 12.1. The van der Waals surface area contributed by atoms with E-state index in [1.165, 1.54) is 11.8 Å². The van der Waals surface area contributed by atoms with Gasteiger partial charge in [0.2, 0.25) is 11.8 Å². The third-order valence-electron chi connectivity index (χ3n) is 3.19. The van der Waals surface area contributed by atoms with Gasteiger partial charge in [0, 0.05) is 23.3 Å². The molecule has 0 saturated carbocycles. The average molecular weight is 333 g/mol. The van der Waals surface area contributed by atoms with E-state index in [1.807, 2.05) is 0 Å². The lowest BCUT2D eigenvalue weighted by Crippen LogP contribution is -2.36. The normalized spacial score (nSPS) is 10.0. The number of hydrogen-bond acceptors (Lipinski definition) is 3. The summed E-state index contributed by atoms with van der Waals surface area (Å²) >= 11 is 5.80. The van der Waals surface area contributed by atoms with Gasteiger partial charge >= 0.3 is 0 Å². The van der Waals surface area contributed by atoms with Crippen molar-refractivity contribution in [2.45, 2.75) is 6.92 Å². The molecule has 0 aromatic heterocycles. The molecule has 2 amide bonds. The highest BCUT2D eigenvalue weighted by Gasteiger charge is 2.16. The first-order valence-corrected chi connectivity index (χ1v) is 7.35. The van der Waals surface area contributed by atoms with E-state index in [0.29, 0.717) is 22.1 Å². The summed E-state index contributed by atoms with van der Waals surface area (Å²) in [4.78, 5) is 25.4. The van der Waals surface area contributed by atoms with Crippen molar-refractivity contribution in [2.75, 3.05) is 23.9 Å². The Morgan fingerprint density at radius 3 is 2.22 bits per heavy atom. The maximum atomic E-state index is 12.1. The highest BCUT2D eigenvalue weighted by atomic mass is 35.5. The lowest BCUT2D eigenvalue weighted by atomic mass is 10.2. The largest absolute Gasteiger partial charge is 0.497 e. The Kier molecular flexibility index (Phi) is 5.60. The first-order chi connectivity index (χ1) is 11.0. The zero-order valence-electron chi connectivity index (χ0n) is 12.9. The number of nitrogens with zero attached hydrogens (tertiary/aromatic N) is 1. The van der Waals surface area contributed by atoms with Gasteiger partial charge in [-0.05, 0) is 48.5 Å². The molecule has 0 aliphatic heterocycles. The average Bonchev–Trinajstić information content (AvgIpc) is 2.55. The van der Waals surface area contributed by atoms with Crippen LogP contribution in [0.5, 0.6) is 5.75 Å². The molecular weight excluding hydrogens is 316 g/mol. The van der Waals surface area contributed by atoms with E-state index in [9.17, 15) is 9.59 Å². The van der Waals surface area contributed by atoms with Gasteiger partial charge in [-0.15, -0.1) is 0 Å². The van der Waals surface area contributed by atoms with E-state index in [4.69, 9.17) is 16.3 Å². The molecule has 0 saturated heterocycles. The summed E-state index contributed by atoms with van der Waals surface area (Å²) in [5, 5.41) is 3.32. The molecule has 0 fully saturated rings. The predicted molar refractivity (Wildman–Crippen MR) is 91.1 cm³/mol. The number of hydrogen-bond donors (Lipinski definition) is 1. The van der Waals surface area contributed by atoms with Gasteiger partial charge in [-0.25, -0.2) is 0 Å². The van der Waals surface area contributed by atoms with Crippen LogP contribution in [0.4, 0.5) is 11.4 Å². The molecule has 0 atom stereocenters. The van der Waals surface area contributed by atoms with Crippen molar-refractivity contribution in [1.29, 1.82) is 0 Å². The SMILES string of the molecule is COc1ccc(N(CC(=O)Nc2ccc(Cl)cc2)C(C)=O)cc1. The molecule has 0 bridgehead atoms. The van der Waals surface area contributed by atoms with Crippen molar-refractivity contribution < 1.29 is 14.3 Å². The maximum Gasteiger partial charge on any atom is 0.244 e. The second kappa shape index (κ2) is 7.65. The Labute approximate surface area is 139 Å². The van der Waals surface area contributed by atoms with Crippen LogP contribution in [0.1, 0.15) is 6.92 Å². The molecule has 0 aliphatic carbocycles. The Balaban J connectivity index is 2.07. The second-order valence-electron chi connectivity index (χ2n) is 4.86. The van der Waals surface area contributed by atoms with Gasteiger partial charge in [0.25, 0.3) is 0 Å². The molecule has 0 radical (unpaired) electrons. The fourth-order valence-electron chi connectivity index (χ4n) is 2.02. The molecule has 6 heteroatoms. The van der Waals surface area contributed by atoms with Crippen molar-refractivity contribution in [1.82, 2.24) is 0 Å². The molecule has 2 aromatic rings. The molecule has 23 heavy (non-hydrogen) atoms. The van der Waals surface area contributed by atoms with Crippen molar-refractivity contribution in [3.05, 3.63) is 53.6 Å². The van der Waals surface area contributed by atoms with Crippen molar-refractivity contribution in [3.8, 4) is 5.75 Å². The molecular formula is C17H17ClN2O3. The van der Waals surface area contributed by atoms with Crippen LogP contribution >= 0.6 is 11.6 Å². The third-order valence-corrected chi connectivity index (χ3v) is 3.45. The fraction of sp³-hybridized carbons (Fsp3) is 0.176. The van der Waals surface area contributed by atoms with Crippen LogP contribution in [-0.4, -0.2) is 25.5 Å². The number of amides is 2. The predicted octanol–water partition coefficient (Wildman–Crippen LogP) is 3.34. The van der Waals surface area contributed by atoms with Gasteiger partial charge in [-0.2, -0.15) is 0 Å². The van der Waals surface area contributed by atoms with Crippen LogP contribution in [0, 0.1) is 0 Å². The smallest absolute Gasteiger partial charge is 0.244 e. The van der Waals surface area contributed by atoms with Gasteiger partial charge < -0.3 is 15.0 Å².